The topological polar surface area (TPSA) is 111 Å². The van der Waals surface area contributed by atoms with Crippen molar-refractivity contribution in [3.8, 4) is 0 Å². The van der Waals surface area contributed by atoms with Crippen molar-refractivity contribution in [2.45, 2.75) is 88.0 Å². The van der Waals surface area contributed by atoms with Crippen molar-refractivity contribution in [2.75, 3.05) is 29.9 Å². The summed E-state index contributed by atoms with van der Waals surface area (Å²) in [6, 6.07) is 12.2. The van der Waals surface area contributed by atoms with E-state index in [-0.39, 0.29) is 49.4 Å². The number of likely N-dealkylation sites (tertiary alicyclic amines) is 1. The van der Waals surface area contributed by atoms with E-state index in [9.17, 15) is 19.5 Å². The second-order valence-electron chi connectivity index (χ2n) is 13.4. The number of halogens is 2. The van der Waals surface area contributed by atoms with E-state index in [1.807, 2.05) is 31.2 Å². The van der Waals surface area contributed by atoms with Crippen molar-refractivity contribution in [3.05, 3.63) is 58.6 Å². The van der Waals surface area contributed by atoms with Crippen LogP contribution in [-0.2, 0) is 31.3 Å². The fourth-order valence-electron chi connectivity index (χ4n) is 8.03. The van der Waals surface area contributed by atoms with Crippen LogP contribution in [0.15, 0.2) is 42.5 Å². The van der Waals surface area contributed by atoms with E-state index in [0.717, 1.165) is 37.8 Å². The van der Waals surface area contributed by atoms with Gasteiger partial charge in [0.2, 0.25) is 20.2 Å². The third-order valence-electron chi connectivity index (χ3n) is 10.1. The predicted molar refractivity (Wildman–Crippen MR) is 173 cm³/mol. The molecule has 45 heavy (non-hydrogen) atoms. The minimum absolute atomic E-state index is 0.0552. The molecule has 2 aromatic rings. The van der Waals surface area contributed by atoms with Crippen molar-refractivity contribution < 1.29 is 28.3 Å². The third-order valence-corrected chi connectivity index (χ3v) is 12.8. The van der Waals surface area contributed by atoms with E-state index in [2.05, 4.69) is 10.6 Å². The maximum Gasteiger partial charge on any atom is 0.264 e. The molecule has 0 bridgehead atoms. The van der Waals surface area contributed by atoms with Gasteiger partial charge in [-0.2, -0.15) is 0 Å². The smallest absolute Gasteiger partial charge is 0.264 e. The maximum atomic E-state index is 16.2. The summed E-state index contributed by atoms with van der Waals surface area (Å²) in [5.74, 6) is -1.10. The van der Waals surface area contributed by atoms with Crippen LogP contribution in [0.5, 0.6) is 0 Å². The molecule has 3 fully saturated rings. The maximum absolute atomic E-state index is 16.2. The number of benzene rings is 2. The number of aliphatic hydroxyl groups excluding tert-OH is 1. The molecule has 9 nitrogen and oxygen atoms in total. The molecule has 0 radical (unpaired) electrons. The molecular formula is C33H42ClFN4O5Si. The van der Waals surface area contributed by atoms with Crippen LogP contribution in [-0.4, -0.2) is 74.0 Å². The van der Waals surface area contributed by atoms with E-state index >= 15 is 4.11 Å². The highest BCUT2D eigenvalue weighted by molar-refractivity contribution is 6.72. The summed E-state index contributed by atoms with van der Waals surface area (Å²) in [6.07, 6.45) is 2.47. The van der Waals surface area contributed by atoms with Crippen LogP contribution in [0.3, 0.4) is 0 Å². The fourth-order valence-corrected chi connectivity index (χ4v) is 10.7. The molecule has 4 heterocycles. The van der Waals surface area contributed by atoms with Crippen LogP contribution < -0.4 is 15.5 Å². The Hall–Kier alpha value is -2.83. The van der Waals surface area contributed by atoms with Crippen LogP contribution in [0.4, 0.5) is 15.5 Å². The zero-order valence-corrected chi connectivity index (χ0v) is 27.8. The molecule has 3 amide bonds. The molecule has 2 aromatic carbocycles. The SMILES string of the molecule is C[C@@H]1[C@@H]([Si](C)(C)F)[C@H](CC(=O)N2CCC[C@H]2CO)O[C@@]12C(=O)N(Cc1ccc(NC(=O)[C@H]3CCCN3)cc1)c1ccc(Cl)cc12. The lowest BCUT2D eigenvalue weighted by atomic mass is 9.82. The van der Waals surface area contributed by atoms with Crippen LogP contribution in [0.2, 0.25) is 23.7 Å². The molecule has 6 atom stereocenters. The number of hydrogen-bond acceptors (Lipinski definition) is 6. The molecule has 1 spiro atoms. The minimum atomic E-state index is -3.45. The number of fused-ring (bicyclic) bond motifs is 2. The number of nitrogens with zero attached hydrogens (tertiary/aromatic N) is 2. The Morgan fingerprint density at radius 2 is 1.93 bits per heavy atom. The minimum Gasteiger partial charge on any atom is -0.394 e. The summed E-state index contributed by atoms with van der Waals surface area (Å²) in [7, 11) is -3.45. The summed E-state index contributed by atoms with van der Waals surface area (Å²) in [5.41, 5.74) is 0.642. The second kappa shape index (κ2) is 12.4. The lowest BCUT2D eigenvalue weighted by Gasteiger charge is -2.31. The number of carbonyl (C=O) groups is 3. The highest BCUT2D eigenvalue weighted by atomic mass is 35.5. The average Bonchev–Trinajstić information content (AvgIpc) is 3.78. The first-order valence-corrected chi connectivity index (χ1v) is 19.3. The van der Waals surface area contributed by atoms with Crippen molar-refractivity contribution in [2.24, 2.45) is 5.92 Å². The number of hydrogen-bond donors (Lipinski definition) is 3. The van der Waals surface area contributed by atoms with Crippen molar-refractivity contribution in [1.29, 1.82) is 0 Å². The van der Waals surface area contributed by atoms with Gasteiger partial charge in [0.25, 0.3) is 5.91 Å². The zero-order valence-electron chi connectivity index (χ0n) is 26.0. The molecule has 242 valence electrons. The summed E-state index contributed by atoms with van der Waals surface area (Å²) in [5, 5.41) is 16.4. The molecular weight excluding hydrogens is 615 g/mol. The lowest BCUT2D eigenvalue weighted by molar-refractivity contribution is -0.150. The number of nitrogens with one attached hydrogen (secondary N) is 2. The Bertz CT molecular complexity index is 1470. The summed E-state index contributed by atoms with van der Waals surface area (Å²) in [6.45, 7) is 6.58. The standard InChI is InChI=1S/C33H42ClFN4O5Si/c1-20-30(45(2,3)35)28(17-29(41)38-15-5-6-24(38)19-40)44-33(20)25-16-22(34)10-13-27(25)39(32(33)43)18-21-8-11-23(12-9-21)37-31(42)26-7-4-14-36-26/h8-13,16,20,24,26,28,30,36,40H,4-7,14-15,17-19H2,1-3H3,(H,37,42)/t20-,24+,26-,28+,30-,33+/m1/s1. The second-order valence-corrected chi connectivity index (χ2v) is 17.7. The number of amides is 3. The highest BCUT2D eigenvalue weighted by Gasteiger charge is 2.67. The van der Waals surface area contributed by atoms with Gasteiger partial charge in [0.1, 0.15) is 0 Å². The molecule has 3 saturated heterocycles. The molecule has 4 aliphatic rings. The Morgan fingerprint density at radius 1 is 1.18 bits per heavy atom. The van der Waals surface area contributed by atoms with Gasteiger partial charge in [0.15, 0.2) is 5.60 Å². The molecule has 12 heteroatoms. The third kappa shape index (κ3) is 5.82. The summed E-state index contributed by atoms with van der Waals surface area (Å²) >= 11 is 6.49. The number of carbonyl (C=O) groups excluding carboxylic acids is 3. The first-order chi connectivity index (χ1) is 21.4. The first kappa shape index (κ1) is 32.1. The number of rotatable bonds is 8. The van der Waals surface area contributed by atoms with Crippen LogP contribution >= 0.6 is 11.6 Å². The van der Waals surface area contributed by atoms with Gasteiger partial charge in [0, 0.05) is 34.3 Å². The quantitative estimate of drug-likeness (QED) is 0.280. The van der Waals surface area contributed by atoms with Crippen LogP contribution in [0.25, 0.3) is 0 Å². The number of ether oxygens (including phenoxy) is 1. The van der Waals surface area contributed by atoms with E-state index in [4.69, 9.17) is 16.3 Å². The van der Waals surface area contributed by atoms with Gasteiger partial charge in [-0.15, -0.1) is 0 Å². The fraction of sp³-hybridized carbons (Fsp3) is 0.545. The Kier molecular flexibility index (Phi) is 8.86. The van der Waals surface area contributed by atoms with E-state index in [0.29, 0.717) is 28.5 Å². The van der Waals surface area contributed by atoms with Gasteiger partial charge in [-0.25, -0.2) is 0 Å². The summed E-state index contributed by atoms with van der Waals surface area (Å²) < 4.78 is 22.9. The monoisotopic (exact) mass is 656 g/mol. The van der Waals surface area contributed by atoms with Crippen molar-refractivity contribution in [1.82, 2.24) is 10.2 Å². The van der Waals surface area contributed by atoms with Crippen molar-refractivity contribution >= 4 is 49.1 Å². The Labute approximate surface area is 269 Å². The van der Waals surface area contributed by atoms with Gasteiger partial charge >= 0.3 is 0 Å². The zero-order chi connectivity index (χ0) is 32.1. The molecule has 6 rings (SSSR count). The van der Waals surface area contributed by atoms with Gasteiger partial charge in [-0.05, 0) is 81.2 Å². The van der Waals surface area contributed by atoms with Crippen molar-refractivity contribution in [3.63, 3.8) is 0 Å². The van der Waals surface area contributed by atoms with E-state index in [1.54, 1.807) is 41.1 Å². The largest absolute Gasteiger partial charge is 0.394 e. The highest BCUT2D eigenvalue weighted by Crippen LogP contribution is 2.60. The molecule has 0 aliphatic carbocycles. The lowest BCUT2D eigenvalue weighted by Crippen LogP contribution is -2.45. The van der Waals surface area contributed by atoms with E-state index in [1.165, 1.54) is 0 Å². The number of aliphatic hydroxyl groups is 1. The predicted octanol–water partition coefficient (Wildman–Crippen LogP) is 4.73. The van der Waals surface area contributed by atoms with E-state index < -0.39 is 31.6 Å². The first-order valence-electron chi connectivity index (χ1n) is 16.0. The molecule has 0 unspecified atom stereocenters. The molecule has 4 aliphatic heterocycles. The Balaban J connectivity index is 1.28. The normalized spacial score (nSPS) is 29.6. The number of anilines is 2. The molecule has 0 aromatic heterocycles. The Morgan fingerprint density at radius 3 is 2.60 bits per heavy atom. The summed E-state index contributed by atoms with van der Waals surface area (Å²) in [4.78, 5) is 44.0. The van der Waals surface area contributed by atoms with Crippen LogP contribution in [0, 0.1) is 5.92 Å². The average molecular weight is 657 g/mol. The van der Waals surface area contributed by atoms with Gasteiger partial charge in [-0.3, -0.25) is 14.4 Å². The molecule has 3 N–H and O–H groups in total. The van der Waals surface area contributed by atoms with Gasteiger partial charge in [0.05, 0.1) is 43.4 Å². The van der Waals surface area contributed by atoms with Gasteiger partial charge in [-0.1, -0.05) is 30.7 Å². The van der Waals surface area contributed by atoms with Crippen LogP contribution in [0.1, 0.15) is 50.2 Å². The van der Waals surface area contributed by atoms with Gasteiger partial charge < -0.3 is 34.4 Å². The molecule has 0 saturated carbocycles.